The van der Waals surface area contributed by atoms with E-state index in [4.69, 9.17) is 16.3 Å². The zero-order valence-electron chi connectivity index (χ0n) is 11.7. The highest BCUT2D eigenvalue weighted by atomic mass is 35.5. The molecule has 0 saturated carbocycles. The molecule has 0 saturated heterocycles. The monoisotopic (exact) mass is 292 g/mol. The van der Waals surface area contributed by atoms with Gasteiger partial charge >= 0.3 is 0 Å². The van der Waals surface area contributed by atoms with Crippen LogP contribution in [0.2, 0.25) is 5.02 Å². The summed E-state index contributed by atoms with van der Waals surface area (Å²) >= 11 is 6.09. The van der Waals surface area contributed by atoms with E-state index >= 15 is 0 Å². The number of aromatic nitrogens is 2. The van der Waals surface area contributed by atoms with Crippen LogP contribution in [0.4, 0.5) is 11.8 Å². The predicted octanol–water partition coefficient (Wildman–Crippen LogP) is 2.82. The molecule has 0 aliphatic rings. The van der Waals surface area contributed by atoms with Gasteiger partial charge in [0.05, 0.1) is 12.1 Å². The van der Waals surface area contributed by atoms with E-state index in [1.807, 2.05) is 43.3 Å². The molecular formula is C14H17ClN4O. The first-order valence-corrected chi connectivity index (χ1v) is 6.54. The van der Waals surface area contributed by atoms with Crippen LogP contribution in [-0.2, 0) is 6.54 Å². The van der Waals surface area contributed by atoms with Gasteiger partial charge in [-0.25, -0.2) is 4.98 Å². The Hall–Kier alpha value is -2.01. The Morgan fingerprint density at radius 1 is 1.30 bits per heavy atom. The Balaban J connectivity index is 2.05. The molecule has 0 aliphatic carbocycles. The highest BCUT2D eigenvalue weighted by Crippen LogP contribution is 2.25. The number of halogens is 1. The van der Waals surface area contributed by atoms with Crippen LogP contribution in [0.25, 0.3) is 0 Å². The lowest BCUT2D eigenvalue weighted by molar-refractivity contribution is 0.415. The zero-order chi connectivity index (χ0) is 14.5. The highest BCUT2D eigenvalue weighted by molar-refractivity contribution is 6.32. The molecule has 5 nitrogen and oxygen atoms in total. The smallest absolute Gasteiger partial charge is 0.224 e. The third-order valence-electron chi connectivity index (χ3n) is 2.77. The summed E-state index contributed by atoms with van der Waals surface area (Å²) < 4.78 is 5.12. The van der Waals surface area contributed by atoms with Gasteiger partial charge in [0.2, 0.25) is 5.95 Å². The predicted molar refractivity (Wildman–Crippen MR) is 81.7 cm³/mol. The van der Waals surface area contributed by atoms with Crippen molar-refractivity contribution in [2.24, 2.45) is 0 Å². The maximum Gasteiger partial charge on any atom is 0.224 e. The van der Waals surface area contributed by atoms with Crippen LogP contribution in [0.5, 0.6) is 5.75 Å². The average Bonchev–Trinajstić information content (AvgIpc) is 2.45. The molecule has 0 unspecified atom stereocenters. The molecule has 1 aromatic heterocycles. The molecule has 0 bridgehead atoms. The van der Waals surface area contributed by atoms with E-state index in [-0.39, 0.29) is 0 Å². The summed E-state index contributed by atoms with van der Waals surface area (Å²) in [7, 11) is 5.48. The van der Waals surface area contributed by atoms with Crippen LogP contribution >= 0.6 is 11.6 Å². The second kappa shape index (κ2) is 6.43. The number of nitrogens with zero attached hydrogens (tertiary/aromatic N) is 3. The van der Waals surface area contributed by atoms with Crippen molar-refractivity contribution in [2.45, 2.75) is 6.54 Å². The molecule has 0 amide bonds. The minimum atomic E-state index is 0.586. The Morgan fingerprint density at radius 3 is 2.75 bits per heavy atom. The fourth-order valence-electron chi connectivity index (χ4n) is 1.68. The molecule has 1 N–H and O–H groups in total. The van der Waals surface area contributed by atoms with E-state index < -0.39 is 0 Å². The van der Waals surface area contributed by atoms with Crippen LogP contribution in [0, 0.1) is 0 Å². The second-order valence-corrected chi connectivity index (χ2v) is 4.86. The molecule has 20 heavy (non-hydrogen) atoms. The number of ether oxygens (including phenoxy) is 1. The van der Waals surface area contributed by atoms with Gasteiger partial charge in [-0.1, -0.05) is 17.7 Å². The van der Waals surface area contributed by atoms with Gasteiger partial charge < -0.3 is 15.0 Å². The molecule has 2 aromatic rings. The summed E-state index contributed by atoms with van der Waals surface area (Å²) in [5.41, 5.74) is 1.04. The fraction of sp³-hybridized carbons (Fsp3) is 0.286. The summed E-state index contributed by atoms with van der Waals surface area (Å²) in [5, 5.41) is 3.76. The minimum Gasteiger partial charge on any atom is -0.495 e. The topological polar surface area (TPSA) is 50.3 Å². The van der Waals surface area contributed by atoms with E-state index in [0.717, 1.165) is 11.4 Å². The number of nitrogens with one attached hydrogen (secondary N) is 1. The number of anilines is 2. The molecule has 0 spiro atoms. The van der Waals surface area contributed by atoms with E-state index in [1.54, 1.807) is 13.3 Å². The van der Waals surface area contributed by atoms with Crippen molar-refractivity contribution in [3.63, 3.8) is 0 Å². The maximum absolute atomic E-state index is 6.09. The largest absolute Gasteiger partial charge is 0.495 e. The summed E-state index contributed by atoms with van der Waals surface area (Å²) in [6, 6.07) is 7.52. The highest BCUT2D eigenvalue weighted by Gasteiger charge is 2.04. The van der Waals surface area contributed by atoms with Crippen molar-refractivity contribution in [1.29, 1.82) is 0 Å². The lowest BCUT2D eigenvalue weighted by Crippen LogP contribution is -2.12. The zero-order valence-corrected chi connectivity index (χ0v) is 12.5. The van der Waals surface area contributed by atoms with Crippen molar-refractivity contribution >= 4 is 23.4 Å². The quantitative estimate of drug-likeness (QED) is 0.918. The molecule has 2 rings (SSSR count). The van der Waals surface area contributed by atoms with Gasteiger partial charge in [0.15, 0.2) is 0 Å². The Kier molecular flexibility index (Phi) is 4.63. The van der Waals surface area contributed by atoms with Crippen molar-refractivity contribution in [3.05, 3.63) is 41.0 Å². The van der Waals surface area contributed by atoms with Gasteiger partial charge in [-0.3, -0.25) is 0 Å². The van der Waals surface area contributed by atoms with Crippen LogP contribution in [-0.4, -0.2) is 31.2 Å². The summed E-state index contributed by atoms with van der Waals surface area (Å²) in [5.74, 6) is 2.11. The van der Waals surface area contributed by atoms with Crippen molar-refractivity contribution in [1.82, 2.24) is 9.97 Å². The molecular weight excluding hydrogens is 276 g/mol. The van der Waals surface area contributed by atoms with Gasteiger partial charge in [-0.05, 0) is 23.8 Å². The van der Waals surface area contributed by atoms with Crippen LogP contribution in [0.1, 0.15) is 5.56 Å². The summed E-state index contributed by atoms with van der Waals surface area (Å²) in [6.45, 7) is 0.598. The van der Waals surface area contributed by atoms with Gasteiger partial charge in [0.1, 0.15) is 11.6 Å². The molecule has 6 heteroatoms. The SMILES string of the molecule is COc1ccc(CNc2nccc(N(C)C)n2)cc1Cl. The maximum atomic E-state index is 6.09. The molecule has 0 radical (unpaired) electrons. The standard InChI is InChI=1S/C14H17ClN4O/c1-19(2)13-6-7-16-14(18-13)17-9-10-4-5-12(20-3)11(15)8-10/h4-8H,9H2,1-3H3,(H,16,17,18). The Labute approximate surface area is 123 Å². The van der Waals surface area contributed by atoms with E-state index in [0.29, 0.717) is 23.3 Å². The van der Waals surface area contributed by atoms with Crippen molar-refractivity contribution in [2.75, 3.05) is 31.4 Å². The summed E-state index contributed by atoms with van der Waals surface area (Å²) in [4.78, 5) is 10.5. The molecule has 106 valence electrons. The van der Waals surface area contributed by atoms with Gasteiger partial charge in [0.25, 0.3) is 0 Å². The van der Waals surface area contributed by atoms with Gasteiger partial charge in [-0.2, -0.15) is 4.98 Å². The van der Waals surface area contributed by atoms with Crippen molar-refractivity contribution in [3.8, 4) is 5.75 Å². The average molecular weight is 293 g/mol. The van der Waals surface area contributed by atoms with Crippen LogP contribution in [0.3, 0.4) is 0 Å². The molecule has 0 fully saturated rings. The Morgan fingerprint density at radius 2 is 2.10 bits per heavy atom. The number of hydrogen-bond donors (Lipinski definition) is 1. The first kappa shape index (κ1) is 14.4. The minimum absolute atomic E-state index is 0.586. The second-order valence-electron chi connectivity index (χ2n) is 4.46. The fourth-order valence-corrected chi connectivity index (χ4v) is 1.96. The molecule has 0 atom stereocenters. The van der Waals surface area contributed by atoms with Gasteiger partial charge in [-0.15, -0.1) is 0 Å². The van der Waals surface area contributed by atoms with E-state index in [9.17, 15) is 0 Å². The first-order chi connectivity index (χ1) is 9.60. The molecule has 0 aliphatic heterocycles. The number of benzene rings is 1. The van der Waals surface area contributed by atoms with Crippen LogP contribution < -0.4 is 15.0 Å². The lowest BCUT2D eigenvalue weighted by atomic mass is 10.2. The summed E-state index contributed by atoms with van der Waals surface area (Å²) in [6.07, 6.45) is 1.73. The normalized spacial score (nSPS) is 10.2. The third-order valence-corrected chi connectivity index (χ3v) is 3.06. The van der Waals surface area contributed by atoms with Crippen LogP contribution in [0.15, 0.2) is 30.5 Å². The first-order valence-electron chi connectivity index (χ1n) is 6.17. The third kappa shape index (κ3) is 3.51. The van der Waals surface area contributed by atoms with E-state index in [2.05, 4.69) is 15.3 Å². The number of rotatable bonds is 5. The number of methoxy groups -OCH3 is 1. The van der Waals surface area contributed by atoms with Crippen molar-refractivity contribution < 1.29 is 4.74 Å². The molecule has 1 heterocycles. The molecule has 1 aromatic carbocycles. The Bertz CT molecular complexity index is 589. The lowest BCUT2D eigenvalue weighted by Gasteiger charge is -2.12. The van der Waals surface area contributed by atoms with Gasteiger partial charge in [0, 0.05) is 26.8 Å². The number of hydrogen-bond acceptors (Lipinski definition) is 5. The van der Waals surface area contributed by atoms with E-state index in [1.165, 1.54) is 0 Å².